The summed E-state index contributed by atoms with van der Waals surface area (Å²) in [5, 5.41) is 10.7. The van der Waals surface area contributed by atoms with Crippen LogP contribution in [0.5, 0.6) is 0 Å². The topological polar surface area (TPSA) is 77.0 Å². The summed E-state index contributed by atoms with van der Waals surface area (Å²) in [5.41, 5.74) is 5.39. The Bertz CT molecular complexity index is 378. The fourth-order valence-electron chi connectivity index (χ4n) is 3.50. The van der Waals surface area contributed by atoms with E-state index in [-0.39, 0.29) is 6.01 Å². The molecule has 5 nitrogen and oxygen atoms in total. The molecule has 4 atom stereocenters. The maximum Gasteiger partial charge on any atom is 0.317 e. The van der Waals surface area contributed by atoms with Crippen LogP contribution in [0.15, 0.2) is 4.42 Å². The number of nitrogens with one attached hydrogen (secondary N) is 1. The van der Waals surface area contributed by atoms with E-state index in [1.807, 2.05) is 0 Å². The number of nitrogens with two attached hydrogens (primary N) is 1. The zero-order chi connectivity index (χ0) is 11.1. The van der Waals surface area contributed by atoms with Crippen molar-refractivity contribution in [3.05, 3.63) is 0 Å². The molecular formula is C11H18N4O. The van der Waals surface area contributed by atoms with Crippen LogP contribution in [0.2, 0.25) is 0 Å². The summed E-state index contributed by atoms with van der Waals surface area (Å²) in [7, 11) is 0. The Kier molecular flexibility index (Phi) is 2.26. The first-order valence-corrected chi connectivity index (χ1v) is 6.08. The Labute approximate surface area is 94.8 Å². The maximum atomic E-state index is 5.39. The van der Waals surface area contributed by atoms with E-state index in [1.54, 1.807) is 0 Å². The quantitative estimate of drug-likeness (QED) is 0.816. The second-order valence-electron chi connectivity index (χ2n) is 5.22. The summed E-state index contributed by atoms with van der Waals surface area (Å²) in [6.45, 7) is 2.20. The van der Waals surface area contributed by atoms with Crippen LogP contribution in [0.1, 0.15) is 32.6 Å². The summed E-state index contributed by atoms with van der Waals surface area (Å²) in [6, 6.07) is 0.977. The van der Waals surface area contributed by atoms with E-state index in [1.165, 1.54) is 25.7 Å². The molecule has 1 aromatic heterocycles. The number of aromatic nitrogens is 2. The summed E-state index contributed by atoms with van der Waals surface area (Å²) in [4.78, 5) is 0. The number of nitrogens with zero attached hydrogens (tertiary/aromatic N) is 2. The SMILES string of the molecule is CC(Nc1nnc(N)o1)C1CC2CCC1C2. The predicted octanol–water partition coefficient (Wildman–Crippen LogP) is 1.89. The van der Waals surface area contributed by atoms with Gasteiger partial charge in [-0.05, 0) is 43.9 Å². The van der Waals surface area contributed by atoms with E-state index in [0.29, 0.717) is 12.1 Å². The highest BCUT2D eigenvalue weighted by molar-refractivity contribution is 5.24. The third kappa shape index (κ3) is 1.64. The van der Waals surface area contributed by atoms with Crippen molar-refractivity contribution in [2.24, 2.45) is 17.8 Å². The van der Waals surface area contributed by atoms with Crippen LogP contribution < -0.4 is 11.1 Å². The van der Waals surface area contributed by atoms with Gasteiger partial charge < -0.3 is 15.5 Å². The molecule has 2 bridgehead atoms. The Morgan fingerprint density at radius 2 is 2.25 bits per heavy atom. The van der Waals surface area contributed by atoms with Gasteiger partial charge in [0.15, 0.2) is 0 Å². The standard InChI is InChI=1S/C11H18N4O/c1-6(13-11-15-14-10(12)16-11)9-5-7-2-3-8(9)4-7/h6-9H,2-5H2,1H3,(H2,12,14)(H,13,15). The average Bonchev–Trinajstić information content (AvgIpc) is 2.93. The summed E-state index contributed by atoms with van der Waals surface area (Å²) >= 11 is 0. The highest BCUT2D eigenvalue weighted by Crippen LogP contribution is 2.49. The third-order valence-electron chi connectivity index (χ3n) is 4.23. The van der Waals surface area contributed by atoms with Crippen molar-refractivity contribution in [1.29, 1.82) is 0 Å². The van der Waals surface area contributed by atoms with Crippen LogP contribution >= 0.6 is 0 Å². The monoisotopic (exact) mass is 222 g/mol. The summed E-state index contributed by atoms with van der Waals surface area (Å²) in [5.74, 6) is 2.62. The zero-order valence-electron chi connectivity index (χ0n) is 9.52. The maximum absolute atomic E-state index is 5.39. The fraction of sp³-hybridized carbons (Fsp3) is 0.818. The zero-order valence-corrected chi connectivity index (χ0v) is 9.52. The van der Waals surface area contributed by atoms with Gasteiger partial charge >= 0.3 is 12.0 Å². The second-order valence-corrected chi connectivity index (χ2v) is 5.22. The molecule has 88 valence electrons. The molecule has 3 N–H and O–H groups in total. The molecule has 5 heteroatoms. The van der Waals surface area contributed by atoms with Gasteiger partial charge in [-0.1, -0.05) is 16.6 Å². The Morgan fingerprint density at radius 1 is 1.38 bits per heavy atom. The van der Waals surface area contributed by atoms with Crippen LogP contribution in [-0.2, 0) is 0 Å². The molecule has 1 aromatic rings. The lowest BCUT2D eigenvalue weighted by Crippen LogP contribution is -2.30. The number of rotatable bonds is 3. The van der Waals surface area contributed by atoms with Crippen molar-refractivity contribution < 1.29 is 4.42 Å². The van der Waals surface area contributed by atoms with E-state index in [4.69, 9.17) is 10.2 Å². The van der Waals surface area contributed by atoms with Crippen molar-refractivity contribution in [2.45, 2.75) is 38.6 Å². The molecule has 16 heavy (non-hydrogen) atoms. The normalized spacial score (nSPS) is 34.2. The predicted molar refractivity (Wildman–Crippen MR) is 60.7 cm³/mol. The molecule has 0 amide bonds. The molecule has 4 unspecified atom stereocenters. The van der Waals surface area contributed by atoms with Crippen LogP contribution in [-0.4, -0.2) is 16.2 Å². The van der Waals surface area contributed by atoms with Gasteiger partial charge in [-0.25, -0.2) is 0 Å². The van der Waals surface area contributed by atoms with Gasteiger partial charge in [0, 0.05) is 6.04 Å². The average molecular weight is 222 g/mol. The van der Waals surface area contributed by atoms with E-state index < -0.39 is 0 Å². The highest BCUT2D eigenvalue weighted by Gasteiger charge is 2.42. The van der Waals surface area contributed by atoms with E-state index in [9.17, 15) is 0 Å². The number of nitrogen functional groups attached to an aromatic ring is 1. The van der Waals surface area contributed by atoms with Gasteiger partial charge in [0.05, 0.1) is 0 Å². The third-order valence-corrected chi connectivity index (χ3v) is 4.23. The number of anilines is 2. The molecule has 0 radical (unpaired) electrons. The van der Waals surface area contributed by atoms with Gasteiger partial charge in [0.2, 0.25) is 0 Å². The number of hydrogen-bond acceptors (Lipinski definition) is 5. The smallest absolute Gasteiger partial charge is 0.317 e. The minimum Gasteiger partial charge on any atom is -0.390 e. The van der Waals surface area contributed by atoms with Crippen molar-refractivity contribution in [3.8, 4) is 0 Å². The van der Waals surface area contributed by atoms with E-state index >= 15 is 0 Å². The Balaban J connectivity index is 1.63. The number of hydrogen-bond donors (Lipinski definition) is 2. The molecule has 2 aliphatic rings. The van der Waals surface area contributed by atoms with Crippen molar-refractivity contribution in [1.82, 2.24) is 10.2 Å². The van der Waals surface area contributed by atoms with Gasteiger partial charge in [-0.2, -0.15) is 0 Å². The second kappa shape index (κ2) is 3.64. The minimum atomic E-state index is 0.127. The largest absolute Gasteiger partial charge is 0.390 e. The van der Waals surface area contributed by atoms with Gasteiger partial charge in [0.1, 0.15) is 0 Å². The molecule has 0 saturated heterocycles. The minimum absolute atomic E-state index is 0.127. The number of fused-ring (bicyclic) bond motifs is 2. The Morgan fingerprint density at radius 3 is 2.81 bits per heavy atom. The van der Waals surface area contributed by atoms with E-state index in [0.717, 1.165) is 17.8 Å². The van der Waals surface area contributed by atoms with Gasteiger partial charge in [-0.3, -0.25) is 0 Å². The lowest BCUT2D eigenvalue weighted by molar-refractivity contribution is 0.301. The lowest BCUT2D eigenvalue weighted by atomic mass is 9.84. The van der Waals surface area contributed by atoms with Gasteiger partial charge in [0.25, 0.3) is 0 Å². The fourth-order valence-corrected chi connectivity index (χ4v) is 3.50. The van der Waals surface area contributed by atoms with Crippen LogP contribution in [0.4, 0.5) is 12.0 Å². The van der Waals surface area contributed by atoms with Crippen molar-refractivity contribution in [3.63, 3.8) is 0 Å². The van der Waals surface area contributed by atoms with Crippen LogP contribution in [0.25, 0.3) is 0 Å². The van der Waals surface area contributed by atoms with E-state index in [2.05, 4.69) is 22.4 Å². The molecule has 2 saturated carbocycles. The molecule has 0 spiro atoms. The van der Waals surface area contributed by atoms with Crippen molar-refractivity contribution >= 4 is 12.0 Å². The molecule has 2 aliphatic carbocycles. The van der Waals surface area contributed by atoms with Crippen LogP contribution in [0, 0.1) is 17.8 Å². The Hall–Kier alpha value is -1.26. The highest BCUT2D eigenvalue weighted by atomic mass is 16.4. The summed E-state index contributed by atoms with van der Waals surface area (Å²) in [6.07, 6.45) is 5.60. The van der Waals surface area contributed by atoms with Crippen LogP contribution in [0.3, 0.4) is 0 Å². The molecule has 0 aliphatic heterocycles. The molecular weight excluding hydrogens is 204 g/mol. The molecule has 0 aromatic carbocycles. The molecule has 3 rings (SSSR count). The first-order valence-electron chi connectivity index (χ1n) is 6.08. The lowest BCUT2D eigenvalue weighted by Gasteiger charge is -2.27. The summed E-state index contributed by atoms with van der Waals surface area (Å²) < 4.78 is 5.14. The molecule has 2 fully saturated rings. The van der Waals surface area contributed by atoms with Crippen molar-refractivity contribution in [2.75, 3.05) is 11.1 Å². The molecule has 1 heterocycles. The first-order chi connectivity index (χ1) is 7.72. The first kappa shape index (κ1) is 9.93. The van der Waals surface area contributed by atoms with Gasteiger partial charge in [-0.15, -0.1) is 0 Å².